The number of carbonyl (C=O) groups excluding carboxylic acids is 1. The molecular weight excluding hydrogens is 437 g/mol. The van der Waals surface area contributed by atoms with E-state index in [1.165, 1.54) is 0 Å². The molecule has 1 fully saturated rings. The summed E-state index contributed by atoms with van der Waals surface area (Å²) in [6.45, 7) is 5.28. The maximum absolute atomic E-state index is 12.6. The second-order valence-corrected chi connectivity index (χ2v) is 8.06. The number of amides is 1. The molecule has 3 rings (SSSR count). The van der Waals surface area contributed by atoms with Crippen LogP contribution in [0.15, 0.2) is 36.5 Å². The fourth-order valence-electron chi connectivity index (χ4n) is 3.29. The quantitative estimate of drug-likeness (QED) is 0.409. The number of rotatable bonds is 8. The van der Waals surface area contributed by atoms with Crippen molar-refractivity contribution in [1.29, 1.82) is 0 Å². The highest BCUT2D eigenvalue weighted by Crippen LogP contribution is 2.29. The topological polar surface area (TPSA) is 54.9 Å². The van der Waals surface area contributed by atoms with Crippen molar-refractivity contribution in [2.45, 2.75) is 19.8 Å². The molecule has 1 aliphatic heterocycles. The number of carbonyl (C=O) groups is 1. The lowest BCUT2D eigenvalue weighted by Crippen LogP contribution is -2.48. The van der Waals surface area contributed by atoms with Gasteiger partial charge in [0, 0.05) is 38.5 Å². The minimum Gasteiger partial charge on any atom is -0.493 e. The van der Waals surface area contributed by atoms with E-state index < -0.39 is 0 Å². The van der Waals surface area contributed by atoms with E-state index in [9.17, 15) is 4.79 Å². The van der Waals surface area contributed by atoms with Crippen LogP contribution < -0.4 is 14.4 Å². The van der Waals surface area contributed by atoms with Crippen molar-refractivity contribution in [3.8, 4) is 11.5 Å². The van der Waals surface area contributed by atoms with Gasteiger partial charge in [-0.1, -0.05) is 42.6 Å². The maximum atomic E-state index is 12.6. The van der Waals surface area contributed by atoms with Crippen LogP contribution in [0.1, 0.15) is 25.3 Å². The monoisotopic (exact) mass is 463 g/mol. The van der Waals surface area contributed by atoms with Gasteiger partial charge in [0.05, 0.1) is 23.8 Å². The molecule has 0 radical (unpaired) electrons. The highest BCUT2D eigenvalue weighted by molar-refractivity contribution is 6.36. The van der Waals surface area contributed by atoms with Crippen molar-refractivity contribution in [3.05, 3.63) is 52.1 Å². The number of benzene rings is 1. The molecule has 166 valence electrons. The molecule has 1 amide bonds. The van der Waals surface area contributed by atoms with Gasteiger partial charge >= 0.3 is 0 Å². The molecule has 0 saturated carbocycles. The summed E-state index contributed by atoms with van der Waals surface area (Å²) >= 11 is 12.2. The molecule has 1 aromatic carbocycles. The lowest BCUT2D eigenvalue weighted by atomic mass is 10.1. The smallest absolute Gasteiger partial charge is 0.246 e. The minimum absolute atomic E-state index is 0.0305. The molecule has 1 aromatic heterocycles. The Balaban J connectivity index is 1.57. The molecule has 2 heterocycles. The van der Waals surface area contributed by atoms with E-state index in [0.717, 1.165) is 18.4 Å². The molecular formula is C23H27Cl2N3O3. The number of pyridine rings is 1. The predicted molar refractivity (Wildman–Crippen MR) is 125 cm³/mol. The fourth-order valence-corrected chi connectivity index (χ4v) is 3.78. The average molecular weight is 464 g/mol. The molecule has 0 bridgehead atoms. The number of halogens is 2. The third kappa shape index (κ3) is 6.28. The maximum Gasteiger partial charge on any atom is 0.246 e. The lowest BCUT2D eigenvalue weighted by Gasteiger charge is -2.35. The third-order valence-electron chi connectivity index (χ3n) is 5.04. The minimum atomic E-state index is -0.0305. The van der Waals surface area contributed by atoms with Crippen LogP contribution in [-0.2, 0) is 4.79 Å². The summed E-state index contributed by atoms with van der Waals surface area (Å²) in [7, 11) is 1.61. The van der Waals surface area contributed by atoms with Gasteiger partial charge in [-0.05, 0) is 36.3 Å². The number of ether oxygens (including phenoxy) is 2. The van der Waals surface area contributed by atoms with Crippen molar-refractivity contribution in [2.24, 2.45) is 0 Å². The second kappa shape index (κ2) is 11.3. The number of anilines is 1. The highest BCUT2D eigenvalue weighted by Gasteiger charge is 2.22. The summed E-state index contributed by atoms with van der Waals surface area (Å²) in [5.74, 6) is 2.04. The van der Waals surface area contributed by atoms with Gasteiger partial charge in [-0.2, -0.15) is 0 Å². The Bertz CT molecular complexity index is 928. The Kier molecular flexibility index (Phi) is 8.43. The molecule has 0 N–H and O–H groups in total. The van der Waals surface area contributed by atoms with Crippen LogP contribution in [0.4, 0.5) is 5.82 Å². The van der Waals surface area contributed by atoms with Gasteiger partial charge in [0.2, 0.25) is 5.91 Å². The SMILES string of the molecule is CCCCOc1ccc(/C=C/C(=O)N2CCN(c3ncc(Cl)cc3Cl)CC2)cc1OC. The number of piperazine rings is 1. The van der Waals surface area contributed by atoms with Crippen molar-refractivity contribution in [3.63, 3.8) is 0 Å². The van der Waals surface area contributed by atoms with Crippen molar-refractivity contribution in [1.82, 2.24) is 9.88 Å². The average Bonchev–Trinajstić information content (AvgIpc) is 2.78. The first-order chi connectivity index (χ1) is 15.0. The predicted octanol–water partition coefficient (Wildman–Crippen LogP) is 4.94. The van der Waals surface area contributed by atoms with Crippen LogP contribution >= 0.6 is 23.2 Å². The van der Waals surface area contributed by atoms with Crippen molar-refractivity contribution < 1.29 is 14.3 Å². The molecule has 2 aromatic rings. The second-order valence-electron chi connectivity index (χ2n) is 7.22. The fraction of sp³-hybridized carbons (Fsp3) is 0.391. The molecule has 0 unspecified atom stereocenters. The highest BCUT2D eigenvalue weighted by atomic mass is 35.5. The van der Waals surface area contributed by atoms with Crippen molar-refractivity contribution in [2.75, 3.05) is 44.8 Å². The molecule has 0 aliphatic carbocycles. The van der Waals surface area contributed by atoms with E-state index in [2.05, 4.69) is 16.8 Å². The normalized spacial score (nSPS) is 14.2. The van der Waals surface area contributed by atoms with Gasteiger partial charge in [-0.25, -0.2) is 4.98 Å². The number of aromatic nitrogens is 1. The Morgan fingerprint density at radius 3 is 2.61 bits per heavy atom. The van der Waals surface area contributed by atoms with Gasteiger partial charge in [-0.15, -0.1) is 0 Å². The zero-order valence-corrected chi connectivity index (χ0v) is 19.3. The third-order valence-corrected chi connectivity index (χ3v) is 5.53. The van der Waals surface area contributed by atoms with E-state index in [1.54, 1.807) is 31.5 Å². The standard InChI is InChI=1S/C23H27Cl2N3O3/c1-3-4-13-31-20-7-5-17(14-21(20)30-2)6-8-22(29)27-9-11-28(12-10-27)23-19(25)15-18(24)16-26-23/h5-8,14-16H,3-4,9-13H2,1-2H3/b8-6+. The van der Waals surface area contributed by atoms with Crippen LogP contribution in [0.3, 0.4) is 0 Å². The summed E-state index contributed by atoms with van der Waals surface area (Å²) in [6.07, 6.45) is 7.04. The molecule has 6 nitrogen and oxygen atoms in total. The van der Waals surface area contributed by atoms with Crippen LogP contribution in [0.2, 0.25) is 10.0 Å². The Morgan fingerprint density at radius 2 is 1.94 bits per heavy atom. The Labute approximate surface area is 193 Å². The number of unbranched alkanes of at least 4 members (excludes halogenated alkanes) is 1. The van der Waals surface area contributed by atoms with E-state index >= 15 is 0 Å². The van der Waals surface area contributed by atoms with Crippen LogP contribution in [0.5, 0.6) is 11.5 Å². The van der Waals surface area contributed by atoms with E-state index in [-0.39, 0.29) is 5.91 Å². The molecule has 1 aliphatic rings. The van der Waals surface area contributed by atoms with Gasteiger partial charge in [0.25, 0.3) is 0 Å². The first-order valence-corrected chi connectivity index (χ1v) is 11.1. The van der Waals surface area contributed by atoms with E-state index in [4.69, 9.17) is 32.7 Å². The summed E-state index contributed by atoms with van der Waals surface area (Å²) in [5, 5.41) is 1.02. The molecule has 0 spiro atoms. The zero-order valence-electron chi connectivity index (χ0n) is 17.8. The molecule has 0 atom stereocenters. The van der Waals surface area contributed by atoms with E-state index in [0.29, 0.717) is 60.1 Å². The summed E-state index contributed by atoms with van der Waals surface area (Å²) < 4.78 is 11.2. The van der Waals surface area contributed by atoms with Crippen LogP contribution in [0, 0.1) is 0 Å². The lowest BCUT2D eigenvalue weighted by molar-refractivity contribution is -0.126. The van der Waals surface area contributed by atoms with Crippen molar-refractivity contribution >= 4 is 41.0 Å². The number of hydrogen-bond acceptors (Lipinski definition) is 5. The van der Waals surface area contributed by atoms with E-state index in [1.807, 2.05) is 23.1 Å². The van der Waals surface area contributed by atoms with Gasteiger partial charge in [0.1, 0.15) is 5.82 Å². The Morgan fingerprint density at radius 1 is 1.16 bits per heavy atom. The summed E-state index contributed by atoms with van der Waals surface area (Å²) in [5.41, 5.74) is 0.879. The Hall–Kier alpha value is -2.44. The number of hydrogen-bond donors (Lipinski definition) is 0. The molecule has 8 heteroatoms. The number of nitrogens with zero attached hydrogens (tertiary/aromatic N) is 3. The summed E-state index contributed by atoms with van der Waals surface area (Å²) in [4.78, 5) is 20.8. The van der Waals surface area contributed by atoms with Gasteiger partial charge in [-0.3, -0.25) is 4.79 Å². The first kappa shape index (κ1) is 23.2. The number of methoxy groups -OCH3 is 1. The molecule has 1 saturated heterocycles. The van der Waals surface area contributed by atoms with Gasteiger partial charge in [0.15, 0.2) is 11.5 Å². The van der Waals surface area contributed by atoms with Crippen LogP contribution in [0.25, 0.3) is 6.08 Å². The van der Waals surface area contributed by atoms with Gasteiger partial charge < -0.3 is 19.3 Å². The van der Waals surface area contributed by atoms with Crippen LogP contribution in [-0.4, -0.2) is 55.7 Å². The first-order valence-electron chi connectivity index (χ1n) is 10.4. The zero-order chi connectivity index (χ0) is 22.2. The largest absolute Gasteiger partial charge is 0.493 e. The summed E-state index contributed by atoms with van der Waals surface area (Å²) in [6, 6.07) is 7.34. The molecule has 31 heavy (non-hydrogen) atoms.